The van der Waals surface area contributed by atoms with Crippen molar-refractivity contribution in [1.82, 2.24) is 4.98 Å². The van der Waals surface area contributed by atoms with E-state index in [2.05, 4.69) is 20.9 Å². The van der Waals surface area contributed by atoms with Crippen molar-refractivity contribution in [2.45, 2.75) is 20.4 Å². The Bertz CT molecular complexity index is 593. The zero-order chi connectivity index (χ0) is 14.0. The van der Waals surface area contributed by atoms with E-state index in [0.717, 1.165) is 26.9 Å². The van der Waals surface area contributed by atoms with Crippen LogP contribution in [0.5, 0.6) is 11.6 Å². The lowest BCUT2D eigenvalue weighted by Gasteiger charge is -2.14. The Kier molecular flexibility index (Phi) is 4.45. The number of hydrogen-bond donors (Lipinski definition) is 1. The smallest absolute Gasteiger partial charge is 0.223 e. The molecule has 0 saturated carbocycles. The maximum absolute atomic E-state index is 6.01. The van der Waals surface area contributed by atoms with Crippen LogP contribution in [0, 0.1) is 13.8 Å². The van der Waals surface area contributed by atoms with Gasteiger partial charge in [0.2, 0.25) is 5.88 Å². The number of benzene rings is 1. The number of nitrogens with two attached hydrogens (primary N) is 1. The average molecular weight is 342 g/mol. The third-order valence-electron chi connectivity index (χ3n) is 2.74. The van der Waals surface area contributed by atoms with E-state index in [1.54, 1.807) is 6.20 Å². The lowest BCUT2D eigenvalue weighted by Crippen LogP contribution is -2.02. The minimum absolute atomic E-state index is 0.369. The molecule has 1 aromatic carbocycles. The van der Waals surface area contributed by atoms with Crippen molar-refractivity contribution in [3.05, 3.63) is 50.6 Å². The molecule has 0 bridgehead atoms. The highest BCUT2D eigenvalue weighted by molar-refractivity contribution is 9.10. The molecule has 0 fully saturated rings. The second kappa shape index (κ2) is 5.90. The molecule has 3 nitrogen and oxygen atoms in total. The van der Waals surface area contributed by atoms with Crippen molar-refractivity contribution in [1.29, 1.82) is 0 Å². The number of nitrogens with zero attached hydrogens (tertiary/aromatic N) is 1. The zero-order valence-corrected chi connectivity index (χ0v) is 13.0. The van der Waals surface area contributed by atoms with Gasteiger partial charge in [-0.2, -0.15) is 0 Å². The monoisotopic (exact) mass is 340 g/mol. The van der Waals surface area contributed by atoms with Gasteiger partial charge in [-0.05, 0) is 59.1 Å². The van der Waals surface area contributed by atoms with Crippen LogP contribution in [0.4, 0.5) is 0 Å². The second-order valence-electron chi connectivity index (χ2n) is 4.29. The molecule has 0 spiro atoms. The largest absolute Gasteiger partial charge is 0.438 e. The quantitative estimate of drug-likeness (QED) is 0.902. The topological polar surface area (TPSA) is 48.1 Å². The number of aromatic nitrogens is 1. The fourth-order valence-electron chi connectivity index (χ4n) is 1.86. The number of ether oxygens (including phenoxy) is 1. The second-order valence-corrected chi connectivity index (χ2v) is 5.64. The van der Waals surface area contributed by atoms with E-state index in [-0.39, 0.29) is 0 Å². The Morgan fingerprint density at radius 2 is 1.89 bits per heavy atom. The first-order valence-electron chi connectivity index (χ1n) is 5.80. The van der Waals surface area contributed by atoms with E-state index in [1.165, 1.54) is 0 Å². The summed E-state index contributed by atoms with van der Waals surface area (Å²) in [6.07, 6.45) is 1.69. The van der Waals surface area contributed by atoms with E-state index < -0.39 is 0 Å². The lowest BCUT2D eigenvalue weighted by atomic mass is 10.1. The van der Waals surface area contributed by atoms with Gasteiger partial charge >= 0.3 is 0 Å². The van der Waals surface area contributed by atoms with Crippen LogP contribution in [0.15, 0.2) is 28.9 Å². The van der Waals surface area contributed by atoms with Gasteiger partial charge < -0.3 is 10.5 Å². The van der Waals surface area contributed by atoms with E-state index in [1.807, 2.05) is 32.0 Å². The molecule has 5 heteroatoms. The fraction of sp³-hybridized carbons (Fsp3) is 0.214. The van der Waals surface area contributed by atoms with Crippen molar-refractivity contribution < 1.29 is 4.74 Å². The molecular formula is C14H14BrClN2O. The molecule has 0 unspecified atom stereocenters. The predicted molar refractivity (Wildman–Crippen MR) is 80.8 cm³/mol. The molecule has 0 radical (unpaired) electrons. The molecule has 2 rings (SSSR count). The average Bonchev–Trinajstić information content (AvgIpc) is 2.35. The maximum atomic E-state index is 6.01. The van der Waals surface area contributed by atoms with Crippen molar-refractivity contribution in [3.8, 4) is 11.6 Å². The van der Waals surface area contributed by atoms with Gasteiger partial charge in [-0.25, -0.2) is 4.98 Å². The van der Waals surface area contributed by atoms with Crippen LogP contribution in [-0.2, 0) is 6.54 Å². The minimum atomic E-state index is 0.369. The Hall–Kier alpha value is -1.10. The summed E-state index contributed by atoms with van der Waals surface area (Å²) < 4.78 is 6.78. The van der Waals surface area contributed by atoms with E-state index in [9.17, 15) is 0 Å². The number of hydrogen-bond acceptors (Lipinski definition) is 3. The summed E-state index contributed by atoms with van der Waals surface area (Å²) in [4.78, 5) is 4.27. The molecule has 1 aromatic heterocycles. The number of halogens is 2. The number of rotatable bonds is 3. The van der Waals surface area contributed by atoms with Crippen molar-refractivity contribution >= 4 is 27.5 Å². The highest BCUT2D eigenvalue weighted by Crippen LogP contribution is 2.32. The van der Waals surface area contributed by atoms with Crippen LogP contribution in [0.1, 0.15) is 16.7 Å². The minimum Gasteiger partial charge on any atom is -0.438 e. The van der Waals surface area contributed by atoms with Crippen molar-refractivity contribution in [2.75, 3.05) is 0 Å². The summed E-state index contributed by atoms with van der Waals surface area (Å²) in [5, 5.41) is 0.699. The maximum Gasteiger partial charge on any atom is 0.223 e. The molecule has 2 aromatic rings. The molecular weight excluding hydrogens is 328 g/mol. The summed E-state index contributed by atoms with van der Waals surface area (Å²) in [6, 6.07) is 5.64. The van der Waals surface area contributed by atoms with Crippen LogP contribution in [-0.4, -0.2) is 4.98 Å². The molecule has 2 N–H and O–H groups in total. The summed E-state index contributed by atoms with van der Waals surface area (Å²) >= 11 is 9.38. The van der Waals surface area contributed by atoms with Gasteiger partial charge in [0.25, 0.3) is 0 Å². The van der Waals surface area contributed by atoms with Gasteiger partial charge in [0, 0.05) is 27.8 Å². The standard InChI is InChI=1S/C14H14BrClN2O/c1-8-3-12(16)4-9(2)13(8)19-14-10(6-17)5-11(15)7-18-14/h3-5,7H,6,17H2,1-2H3. The lowest BCUT2D eigenvalue weighted by molar-refractivity contribution is 0.449. The molecule has 0 aliphatic carbocycles. The third-order valence-corrected chi connectivity index (χ3v) is 3.39. The van der Waals surface area contributed by atoms with Crippen molar-refractivity contribution in [3.63, 3.8) is 0 Å². The molecule has 100 valence electrons. The normalized spacial score (nSPS) is 10.6. The zero-order valence-electron chi connectivity index (χ0n) is 10.7. The first kappa shape index (κ1) is 14.3. The van der Waals surface area contributed by atoms with E-state index >= 15 is 0 Å². The van der Waals surface area contributed by atoms with Crippen LogP contribution in [0.25, 0.3) is 0 Å². The highest BCUT2D eigenvalue weighted by atomic mass is 79.9. The van der Waals surface area contributed by atoms with E-state index in [4.69, 9.17) is 22.1 Å². The van der Waals surface area contributed by atoms with Crippen LogP contribution < -0.4 is 10.5 Å². The number of pyridine rings is 1. The summed E-state index contributed by atoms with van der Waals surface area (Å²) in [5.41, 5.74) is 8.50. The van der Waals surface area contributed by atoms with Gasteiger partial charge in [0.05, 0.1) is 0 Å². The van der Waals surface area contributed by atoms with Gasteiger partial charge in [0.15, 0.2) is 0 Å². The van der Waals surface area contributed by atoms with Crippen LogP contribution >= 0.6 is 27.5 Å². The molecule has 0 aliphatic heterocycles. The highest BCUT2D eigenvalue weighted by Gasteiger charge is 2.11. The third kappa shape index (κ3) is 3.26. The predicted octanol–water partition coefficient (Wildman–Crippen LogP) is 4.37. The number of aryl methyl sites for hydroxylation is 2. The molecule has 0 atom stereocenters. The Morgan fingerprint density at radius 3 is 2.47 bits per heavy atom. The summed E-state index contributed by atoms with van der Waals surface area (Å²) in [5.74, 6) is 1.30. The first-order valence-corrected chi connectivity index (χ1v) is 6.97. The van der Waals surface area contributed by atoms with E-state index in [0.29, 0.717) is 17.4 Å². The molecule has 19 heavy (non-hydrogen) atoms. The van der Waals surface area contributed by atoms with Crippen LogP contribution in [0.2, 0.25) is 5.02 Å². The molecule has 0 amide bonds. The Morgan fingerprint density at radius 1 is 1.26 bits per heavy atom. The van der Waals surface area contributed by atoms with Crippen molar-refractivity contribution in [2.24, 2.45) is 5.73 Å². The summed E-state index contributed by atoms with van der Waals surface area (Å²) in [6.45, 7) is 4.28. The van der Waals surface area contributed by atoms with Gasteiger partial charge in [-0.15, -0.1) is 0 Å². The summed E-state index contributed by atoms with van der Waals surface area (Å²) in [7, 11) is 0. The van der Waals surface area contributed by atoms with Gasteiger partial charge in [-0.1, -0.05) is 11.6 Å². The first-order chi connectivity index (χ1) is 9.01. The Balaban J connectivity index is 2.42. The SMILES string of the molecule is Cc1cc(Cl)cc(C)c1Oc1ncc(Br)cc1CN. The Labute approximate surface area is 125 Å². The molecule has 0 aliphatic rings. The van der Waals surface area contributed by atoms with Gasteiger partial charge in [0.1, 0.15) is 5.75 Å². The molecule has 1 heterocycles. The fourth-order valence-corrected chi connectivity index (χ4v) is 2.57. The molecule has 0 saturated heterocycles. The van der Waals surface area contributed by atoms with Crippen LogP contribution in [0.3, 0.4) is 0 Å². The van der Waals surface area contributed by atoms with Gasteiger partial charge in [-0.3, -0.25) is 0 Å².